The number of aryl methyl sites for hydroxylation is 2. The highest BCUT2D eigenvalue weighted by Gasteiger charge is 2.11. The van der Waals surface area contributed by atoms with E-state index in [9.17, 15) is 8.42 Å². The molecule has 1 aromatic carbocycles. The van der Waals surface area contributed by atoms with E-state index >= 15 is 0 Å². The van der Waals surface area contributed by atoms with Crippen LogP contribution in [0.25, 0.3) is 0 Å². The first-order valence-electron chi connectivity index (χ1n) is 6.73. The SMILES string of the molecule is CNC(CCCS(C)(=O)=O)Cc1cc(C)ccc1C. The molecule has 1 unspecified atom stereocenters. The maximum atomic E-state index is 11.1. The maximum Gasteiger partial charge on any atom is 0.147 e. The Morgan fingerprint density at radius 1 is 1.26 bits per heavy atom. The molecule has 0 fully saturated rings. The van der Waals surface area contributed by atoms with Crippen LogP contribution in [0, 0.1) is 13.8 Å². The van der Waals surface area contributed by atoms with Crippen molar-refractivity contribution in [2.45, 2.75) is 39.2 Å². The van der Waals surface area contributed by atoms with Crippen molar-refractivity contribution in [3.63, 3.8) is 0 Å². The fourth-order valence-corrected chi connectivity index (χ4v) is 2.92. The molecule has 0 spiro atoms. The smallest absolute Gasteiger partial charge is 0.147 e. The van der Waals surface area contributed by atoms with Gasteiger partial charge in [0.15, 0.2) is 0 Å². The summed E-state index contributed by atoms with van der Waals surface area (Å²) in [5.41, 5.74) is 3.92. The minimum atomic E-state index is -2.84. The lowest BCUT2D eigenvalue weighted by Gasteiger charge is -2.17. The Balaban J connectivity index is 2.59. The van der Waals surface area contributed by atoms with Crippen molar-refractivity contribution in [3.05, 3.63) is 34.9 Å². The summed E-state index contributed by atoms with van der Waals surface area (Å²) in [6, 6.07) is 6.82. The topological polar surface area (TPSA) is 46.2 Å². The first-order chi connectivity index (χ1) is 8.81. The zero-order chi connectivity index (χ0) is 14.5. The predicted octanol–water partition coefficient (Wildman–Crippen LogP) is 2.26. The van der Waals surface area contributed by atoms with Gasteiger partial charge in [0.25, 0.3) is 0 Å². The predicted molar refractivity (Wildman–Crippen MR) is 81.4 cm³/mol. The average Bonchev–Trinajstić information content (AvgIpc) is 2.30. The third-order valence-electron chi connectivity index (χ3n) is 3.45. The summed E-state index contributed by atoms with van der Waals surface area (Å²) in [7, 11) is -0.903. The van der Waals surface area contributed by atoms with Crippen molar-refractivity contribution >= 4 is 9.84 Å². The third-order valence-corrected chi connectivity index (χ3v) is 4.48. The van der Waals surface area contributed by atoms with Gasteiger partial charge in [0, 0.05) is 18.1 Å². The molecular weight excluding hydrogens is 258 g/mol. The second-order valence-corrected chi connectivity index (χ2v) is 7.65. The lowest BCUT2D eigenvalue weighted by molar-refractivity contribution is 0.510. The van der Waals surface area contributed by atoms with Crippen LogP contribution in [0.2, 0.25) is 0 Å². The van der Waals surface area contributed by atoms with Crippen molar-refractivity contribution in [1.82, 2.24) is 5.32 Å². The highest BCUT2D eigenvalue weighted by Crippen LogP contribution is 2.15. The second-order valence-electron chi connectivity index (χ2n) is 5.39. The Bertz CT molecular complexity index is 509. The van der Waals surface area contributed by atoms with Crippen LogP contribution >= 0.6 is 0 Å². The van der Waals surface area contributed by atoms with E-state index in [1.54, 1.807) is 0 Å². The Morgan fingerprint density at radius 3 is 2.53 bits per heavy atom. The van der Waals surface area contributed by atoms with Crippen LogP contribution in [-0.2, 0) is 16.3 Å². The standard InChI is InChI=1S/C15H25NO2S/c1-12-7-8-13(2)14(10-12)11-15(16-3)6-5-9-19(4,17)18/h7-8,10,15-16H,5-6,9,11H2,1-4H3. The van der Waals surface area contributed by atoms with Crippen LogP contribution in [0.1, 0.15) is 29.5 Å². The Kier molecular flexibility index (Phi) is 6.01. The fourth-order valence-electron chi connectivity index (χ4n) is 2.23. The van der Waals surface area contributed by atoms with Crippen LogP contribution in [0.4, 0.5) is 0 Å². The van der Waals surface area contributed by atoms with Gasteiger partial charge in [-0.1, -0.05) is 23.8 Å². The zero-order valence-electron chi connectivity index (χ0n) is 12.4. The molecule has 1 N–H and O–H groups in total. The molecule has 1 aromatic rings. The normalized spacial score (nSPS) is 13.5. The number of likely N-dealkylation sites (N-methyl/N-ethyl adjacent to an activating group) is 1. The highest BCUT2D eigenvalue weighted by molar-refractivity contribution is 7.90. The van der Waals surface area contributed by atoms with Crippen LogP contribution in [0.5, 0.6) is 0 Å². The van der Waals surface area contributed by atoms with Gasteiger partial charge in [-0.05, 0) is 51.3 Å². The molecule has 19 heavy (non-hydrogen) atoms. The summed E-state index contributed by atoms with van der Waals surface area (Å²) in [6.45, 7) is 4.22. The van der Waals surface area contributed by atoms with E-state index in [4.69, 9.17) is 0 Å². The van der Waals surface area contributed by atoms with Crippen LogP contribution in [-0.4, -0.2) is 33.5 Å². The summed E-state index contributed by atoms with van der Waals surface area (Å²) >= 11 is 0. The summed E-state index contributed by atoms with van der Waals surface area (Å²) in [5, 5.41) is 3.29. The number of benzene rings is 1. The molecule has 0 saturated heterocycles. The number of nitrogens with one attached hydrogen (secondary N) is 1. The van der Waals surface area contributed by atoms with Gasteiger partial charge in [-0.3, -0.25) is 0 Å². The van der Waals surface area contributed by atoms with E-state index in [0.717, 1.165) is 19.3 Å². The van der Waals surface area contributed by atoms with E-state index in [2.05, 4.69) is 37.4 Å². The molecule has 0 aromatic heterocycles. The van der Waals surface area contributed by atoms with Crippen molar-refractivity contribution in [3.8, 4) is 0 Å². The number of rotatable bonds is 7. The molecule has 0 aliphatic rings. The Morgan fingerprint density at radius 2 is 1.95 bits per heavy atom. The lowest BCUT2D eigenvalue weighted by atomic mass is 9.97. The van der Waals surface area contributed by atoms with Crippen LogP contribution in [0.15, 0.2) is 18.2 Å². The van der Waals surface area contributed by atoms with E-state index in [-0.39, 0.29) is 5.75 Å². The largest absolute Gasteiger partial charge is 0.317 e. The molecule has 1 rings (SSSR count). The Hall–Kier alpha value is -0.870. The van der Waals surface area contributed by atoms with Gasteiger partial charge in [0.05, 0.1) is 0 Å². The third kappa shape index (κ3) is 6.21. The number of sulfone groups is 1. The number of hydrogen-bond donors (Lipinski definition) is 1. The van der Waals surface area contributed by atoms with Gasteiger partial charge in [-0.25, -0.2) is 8.42 Å². The van der Waals surface area contributed by atoms with Crippen molar-refractivity contribution in [2.75, 3.05) is 19.1 Å². The van der Waals surface area contributed by atoms with Gasteiger partial charge < -0.3 is 5.32 Å². The molecular formula is C15H25NO2S. The first kappa shape index (κ1) is 16.2. The number of hydrogen-bond acceptors (Lipinski definition) is 3. The van der Waals surface area contributed by atoms with Gasteiger partial charge >= 0.3 is 0 Å². The van der Waals surface area contributed by atoms with Crippen molar-refractivity contribution in [2.24, 2.45) is 0 Å². The van der Waals surface area contributed by atoms with Crippen LogP contribution < -0.4 is 5.32 Å². The van der Waals surface area contributed by atoms with Gasteiger partial charge in [-0.2, -0.15) is 0 Å². The van der Waals surface area contributed by atoms with Crippen molar-refractivity contribution < 1.29 is 8.42 Å². The Labute approximate surface area is 117 Å². The minimum absolute atomic E-state index is 0.276. The second kappa shape index (κ2) is 7.06. The van der Waals surface area contributed by atoms with Crippen molar-refractivity contribution in [1.29, 1.82) is 0 Å². The lowest BCUT2D eigenvalue weighted by Crippen LogP contribution is -2.28. The molecule has 0 aliphatic carbocycles. The zero-order valence-corrected chi connectivity index (χ0v) is 13.2. The van der Waals surface area contributed by atoms with Gasteiger partial charge in [-0.15, -0.1) is 0 Å². The summed E-state index contributed by atoms with van der Waals surface area (Å²) in [5.74, 6) is 0.276. The van der Waals surface area contributed by atoms with E-state index in [1.165, 1.54) is 22.9 Å². The molecule has 1 atom stereocenters. The maximum absolute atomic E-state index is 11.1. The van der Waals surface area contributed by atoms with Gasteiger partial charge in [0.2, 0.25) is 0 Å². The summed E-state index contributed by atoms with van der Waals surface area (Å²) in [6.07, 6.45) is 3.85. The molecule has 3 nitrogen and oxygen atoms in total. The molecule has 0 bridgehead atoms. The van der Waals surface area contributed by atoms with Gasteiger partial charge in [0.1, 0.15) is 9.84 Å². The minimum Gasteiger partial charge on any atom is -0.317 e. The summed E-state index contributed by atoms with van der Waals surface area (Å²) < 4.78 is 22.3. The van der Waals surface area contributed by atoms with Crippen LogP contribution in [0.3, 0.4) is 0 Å². The molecule has 0 heterocycles. The molecule has 0 amide bonds. The first-order valence-corrected chi connectivity index (χ1v) is 8.79. The molecule has 4 heteroatoms. The highest BCUT2D eigenvalue weighted by atomic mass is 32.2. The van der Waals surface area contributed by atoms with E-state index < -0.39 is 9.84 Å². The van der Waals surface area contributed by atoms with E-state index in [0.29, 0.717) is 6.04 Å². The quantitative estimate of drug-likeness (QED) is 0.835. The molecule has 0 radical (unpaired) electrons. The molecule has 0 saturated carbocycles. The molecule has 108 valence electrons. The fraction of sp³-hybridized carbons (Fsp3) is 0.600. The van der Waals surface area contributed by atoms with E-state index in [1.807, 2.05) is 7.05 Å². The molecule has 0 aliphatic heterocycles. The average molecular weight is 283 g/mol. The monoisotopic (exact) mass is 283 g/mol. The summed E-state index contributed by atoms with van der Waals surface area (Å²) in [4.78, 5) is 0.